The van der Waals surface area contributed by atoms with Gasteiger partial charge in [-0.3, -0.25) is 9.59 Å². The summed E-state index contributed by atoms with van der Waals surface area (Å²) in [5, 5.41) is 9.49. The highest BCUT2D eigenvalue weighted by molar-refractivity contribution is 5.98. The van der Waals surface area contributed by atoms with E-state index in [4.69, 9.17) is 0 Å². The molecule has 25 heavy (non-hydrogen) atoms. The zero-order valence-electron chi connectivity index (χ0n) is 15.5. The van der Waals surface area contributed by atoms with Crippen LogP contribution in [0.2, 0.25) is 0 Å². The molecule has 2 aliphatic rings. The molecule has 1 heterocycles. The second-order valence-corrected chi connectivity index (χ2v) is 8.72. The number of amides is 1. The topological polar surface area (TPSA) is 57.6 Å². The third-order valence-corrected chi connectivity index (χ3v) is 5.72. The average molecular weight is 343 g/mol. The predicted molar refractivity (Wildman–Crippen MR) is 97.5 cm³/mol. The molecule has 2 fully saturated rings. The molecule has 136 valence electrons. The molecule has 1 aliphatic carbocycles. The minimum absolute atomic E-state index is 0.0376. The highest BCUT2D eigenvalue weighted by atomic mass is 16.3. The van der Waals surface area contributed by atoms with Crippen molar-refractivity contribution in [1.29, 1.82) is 0 Å². The van der Waals surface area contributed by atoms with E-state index in [-0.39, 0.29) is 29.6 Å². The Morgan fingerprint density at radius 1 is 1.20 bits per heavy atom. The Balaban J connectivity index is 1.69. The maximum absolute atomic E-state index is 12.9. The van der Waals surface area contributed by atoms with Crippen molar-refractivity contribution in [2.45, 2.75) is 51.9 Å². The standard InChI is InChI=1S/C21H29NO3/c1-20(2,3)17-8-6-15(7-9-17)18(24)16-5-4-12-22(13-16)19(25)21(14-23)10-11-21/h6-9,16,23H,4-5,10-14H2,1-3H3/t16-/m1/s1. The number of rotatable bonds is 4. The van der Waals surface area contributed by atoms with E-state index in [1.54, 1.807) is 4.90 Å². The smallest absolute Gasteiger partial charge is 0.231 e. The van der Waals surface area contributed by atoms with Gasteiger partial charge in [0.1, 0.15) is 0 Å². The van der Waals surface area contributed by atoms with Gasteiger partial charge in [0.25, 0.3) is 0 Å². The molecular formula is C21H29NO3. The summed E-state index contributed by atoms with van der Waals surface area (Å²) in [7, 11) is 0. The van der Waals surface area contributed by atoms with Crippen LogP contribution in [0, 0.1) is 11.3 Å². The van der Waals surface area contributed by atoms with Gasteiger partial charge in [0, 0.05) is 24.6 Å². The molecular weight excluding hydrogens is 314 g/mol. The van der Waals surface area contributed by atoms with Crippen LogP contribution < -0.4 is 0 Å². The maximum Gasteiger partial charge on any atom is 0.231 e. The summed E-state index contributed by atoms with van der Waals surface area (Å²) in [6, 6.07) is 7.90. The summed E-state index contributed by atoms with van der Waals surface area (Å²) in [5.41, 5.74) is 1.47. The maximum atomic E-state index is 12.9. The number of nitrogens with zero attached hydrogens (tertiary/aromatic N) is 1. The van der Waals surface area contributed by atoms with E-state index < -0.39 is 5.41 Å². The van der Waals surface area contributed by atoms with E-state index in [0.717, 1.165) is 31.2 Å². The van der Waals surface area contributed by atoms with Crippen LogP contribution in [0.5, 0.6) is 0 Å². The Hall–Kier alpha value is -1.68. The van der Waals surface area contributed by atoms with Crippen LogP contribution in [0.1, 0.15) is 62.4 Å². The third-order valence-electron chi connectivity index (χ3n) is 5.72. The zero-order valence-corrected chi connectivity index (χ0v) is 15.5. The number of aliphatic hydroxyl groups excluding tert-OH is 1. The fourth-order valence-electron chi connectivity index (χ4n) is 3.67. The van der Waals surface area contributed by atoms with E-state index in [1.165, 1.54) is 5.56 Å². The summed E-state index contributed by atoms with van der Waals surface area (Å²) < 4.78 is 0. The number of carbonyl (C=O) groups excluding carboxylic acids is 2. The van der Waals surface area contributed by atoms with Crippen molar-refractivity contribution in [3.63, 3.8) is 0 Å². The van der Waals surface area contributed by atoms with Crippen LogP contribution in [0.15, 0.2) is 24.3 Å². The zero-order chi connectivity index (χ0) is 18.2. The fourth-order valence-corrected chi connectivity index (χ4v) is 3.67. The molecule has 1 N–H and O–H groups in total. The van der Waals surface area contributed by atoms with Crippen LogP contribution in [0.4, 0.5) is 0 Å². The molecule has 1 aliphatic heterocycles. The highest BCUT2D eigenvalue weighted by Gasteiger charge is 2.51. The van der Waals surface area contributed by atoms with E-state index in [0.29, 0.717) is 13.1 Å². The number of likely N-dealkylation sites (tertiary alicyclic amines) is 1. The molecule has 1 saturated carbocycles. The predicted octanol–water partition coefficient (Wildman–Crippen LogP) is 3.18. The number of hydrogen-bond donors (Lipinski definition) is 1. The largest absolute Gasteiger partial charge is 0.395 e. The van der Waals surface area contributed by atoms with Crippen LogP contribution in [0.25, 0.3) is 0 Å². The number of hydrogen-bond acceptors (Lipinski definition) is 3. The fraction of sp³-hybridized carbons (Fsp3) is 0.619. The lowest BCUT2D eigenvalue weighted by atomic mass is 9.84. The van der Waals surface area contributed by atoms with E-state index in [2.05, 4.69) is 20.8 Å². The first-order valence-electron chi connectivity index (χ1n) is 9.32. The van der Waals surface area contributed by atoms with Gasteiger partial charge in [-0.1, -0.05) is 45.0 Å². The summed E-state index contributed by atoms with van der Waals surface area (Å²) in [5.74, 6) is 0.0371. The molecule has 1 saturated heterocycles. The first kappa shape index (κ1) is 18.1. The monoisotopic (exact) mass is 343 g/mol. The summed E-state index contributed by atoms with van der Waals surface area (Å²) in [6.45, 7) is 7.58. The molecule has 0 bridgehead atoms. The normalized spacial score (nSPS) is 22.6. The van der Waals surface area contributed by atoms with Gasteiger partial charge in [-0.05, 0) is 36.7 Å². The summed E-state index contributed by atoms with van der Waals surface area (Å²) in [6.07, 6.45) is 3.22. The van der Waals surface area contributed by atoms with Crippen LogP contribution in [-0.2, 0) is 10.2 Å². The SMILES string of the molecule is CC(C)(C)c1ccc(C(=O)[C@@H]2CCCN(C(=O)C3(CO)CC3)C2)cc1. The van der Waals surface area contributed by atoms with Gasteiger partial charge in [-0.2, -0.15) is 0 Å². The van der Waals surface area contributed by atoms with Gasteiger partial charge in [-0.15, -0.1) is 0 Å². The molecule has 0 aromatic heterocycles. The minimum atomic E-state index is -0.542. The van der Waals surface area contributed by atoms with Gasteiger partial charge in [0.05, 0.1) is 12.0 Å². The molecule has 4 heteroatoms. The molecule has 0 spiro atoms. The number of Topliss-reactive ketones (excluding diaryl/α,β-unsaturated/α-hetero) is 1. The first-order valence-corrected chi connectivity index (χ1v) is 9.32. The molecule has 1 aromatic carbocycles. The quantitative estimate of drug-likeness (QED) is 0.854. The Bertz CT molecular complexity index is 653. The van der Waals surface area contributed by atoms with Crippen molar-refractivity contribution in [2.75, 3.05) is 19.7 Å². The van der Waals surface area contributed by atoms with Crippen LogP contribution >= 0.6 is 0 Å². The Morgan fingerprint density at radius 3 is 2.36 bits per heavy atom. The average Bonchev–Trinajstić information content (AvgIpc) is 3.41. The second kappa shape index (κ2) is 6.56. The molecule has 1 atom stereocenters. The van der Waals surface area contributed by atoms with Gasteiger partial charge >= 0.3 is 0 Å². The molecule has 1 aromatic rings. The van der Waals surface area contributed by atoms with Crippen molar-refractivity contribution >= 4 is 11.7 Å². The van der Waals surface area contributed by atoms with Crippen molar-refractivity contribution in [2.24, 2.45) is 11.3 Å². The van der Waals surface area contributed by atoms with Gasteiger partial charge < -0.3 is 10.0 Å². The number of carbonyl (C=O) groups is 2. The van der Waals surface area contributed by atoms with Crippen LogP contribution in [0.3, 0.4) is 0 Å². The number of piperidine rings is 1. The van der Waals surface area contributed by atoms with Gasteiger partial charge in [0.2, 0.25) is 5.91 Å². The Labute approximate surface area is 150 Å². The van der Waals surface area contributed by atoms with Crippen molar-refractivity contribution in [3.8, 4) is 0 Å². The summed E-state index contributed by atoms with van der Waals surface area (Å²) >= 11 is 0. The summed E-state index contributed by atoms with van der Waals surface area (Å²) in [4.78, 5) is 27.3. The minimum Gasteiger partial charge on any atom is -0.395 e. The second-order valence-electron chi connectivity index (χ2n) is 8.72. The van der Waals surface area contributed by atoms with Gasteiger partial charge in [0.15, 0.2) is 5.78 Å². The molecule has 4 nitrogen and oxygen atoms in total. The Morgan fingerprint density at radius 2 is 1.84 bits per heavy atom. The molecule has 1 amide bonds. The van der Waals surface area contributed by atoms with E-state index in [1.807, 2.05) is 24.3 Å². The number of benzene rings is 1. The van der Waals surface area contributed by atoms with E-state index >= 15 is 0 Å². The Kier molecular flexibility index (Phi) is 4.76. The lowest BCUT2D eigenvalue weighted by Gasteiger charge is -2.34. The molecule has 0 radical (unpaired) electrons. The van der Waals surface area contributed by atoms with Crippen LogP contribution in [-0.4, -0.2) is 41.4 Å². The molecule has 3 rings (SSSR count). The third kappa shape index (κ3) is 3.64. The van der Waals surface area contributed by atoms with Crippen molar-refractivity contribution in [3.05, 3.63) is 35.4 Å². The van der Waals surface area contributed by atoms with Gasteiger partial charge in [-0.25, -0.2) is 0 Å². The highest BCUT2D eigenvalue weighted by Crippen LogP contribution is 2.47. The number of aliphatic hydroxyl groups is 1. The lowest BCUT2D eigenvalue weighted by molar-refractivity contribution is -0.140. The first-order chi connectivity index (χ1) is 11.8. The number of ketones is 1. The van der Waals surface area contributed by atoms with E-state index in [9.17, 15) is 14.7 Å². The van der Waals surface area contributed by atoms with Crippen molar-refractivity contribution < 1.29 is 14.7 Å². The lowest BCUT2D eigenvalue weighted by Crippen LogP contribution is -2.46. The molecule has 0 unspecified atom stereocenters. The van der Waals surface area contributed by atoms with Crippen molar-refractivity contribution in [1.82, 2.24) is 4.90 Å².